The molecule has 0 aliphatic carbocycles. The second kappa shape index (κ2) is 10.1. The molecule has 0 spiro atoms. The van der Waals surface area contributed by atoms with Crippen LogP contribution in [0.3, 0.4) is 0 Å². The Kier molecular flexibility index (Phi) is 6.84. The van der Waals surface area contributed by atoms with Crippen LogP contribution in [0.2, 0.25) is 0 Å². The van der Waals surface area contributed by atoms with E-state index in [1.807, 2.05) is 54.6 Å². The number of hydrogen-bond donors (Lipinski definition) is 0. The van der Waals surface area contributed by atoms with Gasteiger partial charge in [-0.3, -0.25) is 4.21 Å². The lowest BCUT2D eigenvalue weighted by Gasteiger charge is -2.13. The summed E-state index contributed by atoms with van der Waals surface area (Å²) < 4.78 is 24.3. The van der Waals surface area contributed by atoms with Crippen molar-refractivity contribution in [3.63, 3.8) is 0 Å². The van der Waals surface area contributed by atoms with E-state index in [2.05, 4.69) is 24.3 Å². The third-order valence-corrected chi connectivity index (χ3v) is 6.49. The molecule has 0 aliphatic rings. The van der Waals surface area contributed by atoms with E-state index in [9.17, 15) is 4.21 Å². The normalized spacial score (nSPS) is 11.6. The van der Waals surface area contributed by atoms with Gasteiger partial charge >= 0.3 is 0 Å². The third kappa shape index (κ3) is 5.16. The van der Waals surface area contributed by atoms with Crippen molar-refractivity contribution in [3.05, 3.63) is 107 Å². The van der Waals surface area contributed by atoms with Crippen molar-refractivity contribution < 1.29 is 13.7 Å². The summed E-state index contributed by atoms with van der Waals surface area (Å²) in [5.74, 6) is 2.14. The Labute approximate surface area is 190 Å². The summed E-state index contributed by atoms with van der Waals surface area (Å²) >= 11 is 0. The first-order valence-corrected chi connectivity index (χ1v) is 11.8. The van der Waals surface area contributed by atoms with Crippen LogP contribution in [0.15, 0.2) is 84.9 Å². The van der Waals surface area contributed by atoms with Crippen LogP contribution in [0.4, 0.5) is 0 Å². The van der Waals surface area contributed by atoms with Crippen LogP contribution in [0, 0.1) is 11.3 Å². The highest BCUT2D eigenvalue weighted by Crippen LogP contribution is 2.30. The van der Waals surface area contributed by atoms with E-state index in [0.717, 1.165) is 27.5 Å². The zero-order valence-corrected chi connectivity index (χ0v) is 18.6. The Bertz CT molecular complexity index is 1300. The number of nitrogens with zero attached hydrogens (tertiary/aromatic N) is 1. The highest BCUT2D eigenvalue weighted by atomic mass is 32.2. The van der Waals surface area contributed by atoms with Gasteiger partial charge in [-0.2, -0.15) is 5.26 Å². The van der Waals surface area contributed by atoms with Crippen molar-refractivity contribution in [1.82, 2.24) is 0 Å². The van der Waals surface area contributed by atoms with E-state index in [0.29, 0.717) is 35.2 Å². The molecule has 0 radical (unpaired) electrons. The predicted molar refractivity (Wildman–Crippen MR) is 128 cm³/mol. The Balaban J connectivity index is 1.44. The number of benzene rings is 4. The number of nitriles is 1. The summed E-state index contributed by atoms with van der Waals surface area (Å²) in [5, 5.41) is 11.3. The van der Waals surface area contributed by atoms with E-state index in [1.165, 1.54) is 0 Å². The zero-order valence-electron chi connectivity index (χ0n) is 17.8. The van der Waals surface area contributed by atoms with Gasteiger partial charge in [-0.15, -0.1) is 0 Å². The lowest BCUT2D eigenvalue weighted by atomic mass is 10.1. The number of methoxy groups -OCH3 is 1. The summed E-state index contributed by atoms with van der Waals surface area (Å²) in [5.41, 5.74) is 3.53. The summed E-state index contributed by atoms with van der Waals surface area (Å²) in [7, 11) is 0.534. The van der Waals surface area contributed by atoms with Crippen LogP contribution in [0.1, 0.15) is 22.3 Å². The maximum atomic E-state index is 12.9. The number of rotatable bonds is 8. The highest BCUT2D eigenvalue weighted by molar-refractivity contribution is 7.83. The monoisotopic (exact) mass is 441 g/mol. The minimum absolute atomic E-state index is 0.332. The maximum Gasteiger partial charge on any atom is 0.161 e. The maximum absolute atomic E-state index is 12.9. The molecular weight excluding hydrogens is 418 g/mol. The number of hydrogen-bond acceptors (Lipinski definition) is 4. The van der Waals surface area contributed by atoms with Crippen LogP contribution in [-0.2, 0) is 28.9 Å². The Morgan fingerprint density at radius 1 is 0.844 bits per heavy atom. The molecule has 1 unspecified atom stereocenters. The lowest BCUT2D eigenvalue weighted by Crippen LogP contribution is -2.02. The van der Waals surface area contributed by atoms with Gasteiger partial charge in [-0.05, 0) is 51.7 Å². The van der Waals surface area contributed by atoms with E-state index in [1.54, 1.807) is 19.2 Å². The van der Waals surface area contributed by atoms with Crippen molar-refractivity contribution in [3.8, 4) is 17.6 Å². The van der Waals surface area contributed by atoms with Gasteiger partial charge in [0.15, 0.2) is 11.5 Å². The molecule has 4 aromatic carbocycles. The molecule has 0 saturated carbocycles. The summed E-state index contributed by atoms with van der Waals surface area (Å²) in [6.07, 6.45) is 0. The van der Waals surface area contributed by atoms with Crippen LogP contribution in [0.25, 0.3) is 10.8 Å². The van der Waals surface area contributed by atoms with E-state index in [-0.39, 0.29) is 0 Å². The first kappa shape index (κ1) is 21.6. The van der Waals surface area contributed by atoms with Crippen molar-refractivity contribution >= 4 is 21.6 Å². The summed E-state index contributed by atoms with van der Waals surface area (Å²) in [4.78, 5) is 0. The van der Waals surface area contributed by atoms with Crippen molar-refractivity contribution in [2.75, 3.05) is 7.11 Å². The third-order valence-electron chi connectivity index (χ3n) is 5.20. The molecule has 0 amide bonds. The van der Waals surface area contributed by atoms with Gasteiger partial charge in [0, 0.05) is 22.3 Å². The first-order valence-electron chi connectivity index (χ1n) is 10.3. The van der Waals surface area contributed by atoms with Gasteiger partial charge in [0.1, 0.15) is 6.61 Å². The van der Waals surface area contributed by atoms with Crippen molar-refractivity contribution in [2.45, 2.75) is 18.1 Å². The molecule has 1 atom stereocenters. The van der Waals surface area contributed by atoms with Gasteiger partial charge in [0.2, 0.25) is 0 Å². The van der Waals surface area contributed by atoms with Gasteiger partial charge in [-0.1, -0.05) is 60.7 Å². The van der Waals surface area contributed by atoms with Crippen LogP contribution in [0.5, 0.6) is 11.5 Å². The zero-order chi connectivity index (χ0) is 22.3. The number of ether oxygens (including phenoxy) is 2. The van der Waals surface area contributed by atoms with Gasteiger partial charge in [0.05, 0.1) is 18.7 Å². The molecule has 0 saturated heterocycles. The molecule has 160 valence electrons. The van der Waals surface area contributed by atoms with E-state index < -0.39 is 10.8 Å². The Morgan fingerprint density at radius 2 is 1.66 bits per heavy atom. The Hall–Kier alpha value is -3.62. The second-order valence-corrected chi connectivity index (χ2v) is 8.91. The minimum Gasteiger partial charge on any atom is -0.493 e. The fraction of sp³-hybridized carbons (Fsp3) is 0.148. The average Bonchev–Trinajstić information content (AvgIpc) is 2.83. The molecule has 5 heteroatoms. The van der Waals surface area contributed by atoms with Crippen LogP contribution in [-0.4, -0.2) is 11.3 Å². The smallest absolute Gasteiger partial charge is 0.161 e. The van der Waals surface area contributed by atoms with Crippen molar-refractivity contribution in [2.24, 2.45) is 0 Å². The molecule has 0 bridgehead atoms. The summed E-state index contributed by atoms with van der Waals surface area (Å²) in [6, 6.07) is 29.4. The van der Waals surface area contributed by atoms with Gasteiger partial charge in [0.25, 0.3) is 0 Å². The molecule has 0 aliphatic heterocycles. The molecule has 4 rings (SSSR count). The predicted octanol–water partition coefficient (Wildman–Crippen LogP) is 5.75. The molecule has 0 N–H and O–H groups in total. The average molecular weight is 442 g/mol. The van der Waals surface area contributed by atoms with Gasteiger partial charge < -0.3 is 9.47 Å². The molecule has 4 aromatic rings. The molecule has 0 heterocycles. The molecule has 0 fully saturated rings. The quantitative estimate of drug-likeness (QED) is 0.349. The highest BCUT2D eigenvalue weighted by Gasteiger charge is 2.11. The minimum atomic E-state index is -1.06. The van der Waals surface area contributed by atoms with Crippen molar-refractivity contribution in [1.29, 1.82) is 5.26 Å². The second-order valence-electron chi connectivity index (χ2n) is 7.45. The van der Waals surface area contributed by atoms with Crippen LogP contribution < -0.4 is 9.47 Å². The standard InChI is InChI=1S/C27H23NO3S/c1-30-27-15-22(12-13-26(27)31-17-21-7-4-6-20(14-21)16-28)18-32(29)19-24-10-5-9-23-8-2-3-11-25(23)24/h2-15H,17-19H2,1H3. The molecular formula is C27H23NO3S. The SMILES string of the molecule is COc1cc(CS(=O)Cc2cccc3ccccc23)ccc1OCc1cccc(C#N)c1. The van der Waals surface area contributed by atoms with Crippen LogP contribution >= 0.6 is 0 Å². The largest absolute Gasteiger partial charge is 0.493 e. The fourth-order valence-corrected chi connectivity index (χ4v) is 4.89. The number of fused-ring (bicyclic) bond motifs is 1. The summed E-state index contributed by atoms with van der Waals surface area (Å²) in [6.45, 7) is 0.332. The molecule has 0 aromatic heterocycles. The molecule has 32 heavy (non-hydrogen) atoms. The van der Waals surface area contributed by atoms with E-state index >= 15 is 0 Å². The lowest BCUT2D eigenvalue weighted by molar-refractivity contribution is 0.284. The molecule has 4 nitrogen and oxygen atoms in total. The van der Waals surface area contributed by atoms with E-state index in [4.69, 9.17) is 14.7 Å². The topological polar surface area (TPSA) is 59.3 Å². The van der Waals surface area contributed by atoms with Gasteiger partial charge in [-0.25, -0.2) is 0 Å². The fourth-order valence-electron chi connectivity index (χ4n) is 3.64. The Morgan fingerprint density at radius 3 is 2.50 bits per heavy atom. The first-order chi connectivity index (χ1) is 15.7.